The van der Waals surface area contributed by atoms with Crippen LogP contribution in [0, 0.1) is 13.8 Å². The number of hydrazone groups is 1. The number of carbonyl (C=O) groups excluding carboxylic acids is 1. The Bertz CT molecular complexity index is 1180. The summed E-state index contributed by atoms with van der Waals surface area (Å²) in [7, 11) is -3.64. The molecular weight excluding hydrogens is 386 g/mol. The fourth-order valence-corrected chi connectivity index (χ4v) is 3.98. The molecule has 0 spiro atoms. The van der Waals surface area contributed by atoms with Gasteiger partial charge in [0.15, 0.2) is 0 Å². The third kappa shape index (κ3) is 5.00. The molecule has 0 saturated heterocycles. The monoisotopic (exact) mass is 409 g/mol. The number of amides is 1. The molecule has 150 valence electrons. The van der Waals surface area contributed by atoms with Crippen molar-refractivity contribution in [2.45, 2.75) is 13.8 Å². The minimum atomic E-state index is -3.64. The number of hydrogen-bond acceptors (Lipinski definition) is 4. The maximum Gasteiger partial charge on any atom is 0.260 e. The first-order valence-corrected chi connectivity index (χ1v) is 10.9. The van der Waals surface area contributed by atoms with Crippen LogP contribution >= 0.6 is 0 Å². The Hall–Kier alpha value is -3.19. The minimum Gasteiger partial charge on any atom is -0.271 e. The summed E-state index contributed by atoms with van der Waals surface area (Å²) in [5.74, 6) is -0.521. The number of carbonyl (C=O) groups is 1. The largest absolute Gasteiger partial charge is 0.271 e. The topological polar surface area (TPSA) is 78.8 Å². The minimum absolute atomic E-state index is 0.351. The van der Waals surface area contributed by atoms with Crippen LogP contribution < -0.4 is 9.73 Å². The summed E-state index contributed by atoms with van der Waals surface area (Å²) in [5, 5.41) is 6.10. The van der Waals surface area contributed by atoms with Gasteiger partial charge >= 0.3 is 0 Å². The summed E-state index contributed by atoms with van der Waals surface area (Å²) in [4.78, 5) is 12.4. The molecule has 0 atom stereocenters. The quantitative estimate of drug-likeness (QED) is 0.501. The number of rotatable bonds is 6. The predicted molar refractivity (Wildman–Crippen MR) is 118 cm³/mol. The first-order valence-electron chi connectivity index (χ1n) is 9.10. The van der Waals surface area contributed by atoms with Crippen molar-refractivity contribution in [3.8, 4) is 0 Å². The highest BCUT2D eigenvalue weighted by Crippen LogP contribution is 2.23. The number of hydrogen-bond donors (Lipinski definition) is 1. The standard InChI is InChI=1S/C22H23N3O3S/c1-16-11-12-17(2)21(13-16)25(29(3,27)28)15-22(26)24-23-14-19-9-6-8-18-7-4-5-10-20(18)19/h4-14H,15H2,1-3H3,(H,24,26)/b23-14-. The number of nitrogens with zero attached hydrogens (tertiary/aromatic N) is 2. The van der Waals surface area contributed by atoms with E-state index in [0.717, 1.165) is 38.0 Å². The van der Waals surface area contributed by atoms with Crippen LogP contribution in [0.2, 0.25) is 0 Å². The predicted octanol–water partition coefficient (Wildman–Crippen LogP) is 3.37. The van der Waals surface area contributed by atoms with Gasteiger partial charge in [0.25, 0.3) is 5.91 Å². The van der Waals surface area contributed by atoms with Crippen LogP contribution in [0.1, 0.15) is 16.7 Å². The number of benzene rings is 3. The maximum absolute atomic E-state index is 12.4. The van der Waals surface area contributed by atoms with Gasteiger partial charge in [-0.2, -0.15) is 5.10 Å². The zero-order valence-electron chi connectivity index (χ0n) is 16.6. The third-order valence-electron chi connectivity index (χ3n) is 4.54. The van der Waals surface area contributed by atoms with Crippen LogP contribution in [0.4, 0.5) is 5.69 Å². The first kappa shape index (κ1) is 20.5. The van der Waals surface area contributed by atoms with E-state index < -0.39 is 15.9 Å². The van der Waals surface area contributed by atoms with Crippen LogP contribution in [0.5, 0.6) is 0 Å². The van der Waals surface area contributed by atoms with Gasteiger partial charge in [-0.25, -0.2) is 13.8 Å². The number of nitrogens with one attached hydrogen (secondary N) is 1. The maximum atomic E-state index is 12.4. The Labute approximate surface area is 170 Å². The van der Waals surface area contributed by atoms with Gasteiger partial charge in [0.2, 0.25) is 10.0 Å². The van der Waals surface area contributed by atoms with E-state index in [1.54, 1.807) is 12.3 Å². The van der Waals surface area contributed by atoms with Gasteiger partial charge in [-0.1, -0.05) is 54.6 Å². The summed E-state index contributed by atoms with van der Waals surface area (Å²) in [6.45, 7) is 3.33. The van der Waals surface area contributed by atoms with Crippen LogP contribution in [-0.2, 0) is 14.8 Å². The van der Waals surface area contributed by atoms with E-state index in [1.165, 1.54) is 0 Å². The van der Waals surface area contributed by atoms with Gasteiger partial charge in [0.05, 0.1) is 18.2 Å². The molecule has 3 aromatic carbocycles. The lowest BCUT2D eigenvalue weighted by Crippen LogP contribution is -2.39. The average molecular weight is 410 g/mol. The summed E-state index contributed by atoms with van der Waals surface area (Å²) in [5.41, 5.74) is 5.45. The molecular formula is C22H23N3O3S. The van der Waals surface area contributed by atoms with Crippen molar-refractivity contribution in [3.63, 3.8) is 0 Å². The molecule has 0 heterocycles. The number of sulfonamides is 1. The van der Waals surface area contributed by atoms with Crippen molar-refractivity contribution in [3.05, 3.63) is 77.4 Å². The molecule has 0 bridgehead atoms. The first-order chi connectivity index (χ1) is 13.8. The van der Waals surface area contributed by atoms with E-state index in [-0.39, 0.29) is 6.54 Å². The lowest BCUT2D eigenvalue weighted by atomic mass is 10.1. The second kappa shape index (κ2) is 8.45. The zero-order chi connectivity index (χ0) is 21.0. The van der Waals surface area contributed by atoms with Crippen molar-refractivity contribution in [2.24, 2.45) is 5.10 Å². The van der Waals surface area contributed by atoms with E-state index in [9.17, 15) is 13.2 Å². The fourth-order valence-electron chi connectivity index (χ4n) is 3.07. The lowest BCUT2D eigenvalue weighted by molar-refractivity contribution is -0.119. The van der Waals surface area contributed by atoms with Crippen LogP contribution in [-0.4, -0.2) is 33.3 Å². The second-order valence-corrected chi connectivity index (χ2v) is 8.83. The molecule has 7 heteroatoms. The molecule has 0 aliphatic carbocycles. The Morgan fingerprint density at radius 3 is 2.55 bits per heavy atom. The van der Waals surface area contributed by atoms with Gasteiger partial charge in [-0.05, 0) is 41.8 Å². The molecule has 0 aliphatic heterocycles. The highest BCUT2D eigenvalue weighted by Gasteiger charge is 2.22. The Balaban J connectivity index is 1.77. The number of anilines is 1. The molecule has 29 heavy (non-hydrogen) atoms. The third-order valence-corrected chi connectivity index (χ3v) is 5.66. The van der Waals surface area contributed by atoms with Crippen molar-refractivity contribution in [1.29, 1.82) is 0 Å². The highest BCUT2D eigenvalue weighted by molar-refractivity contribution is 7.92. The van der Waals surface area contributed by atoms with Crippen LogP contribution in [0.3, 0.4) is 0 Å². The Kier molecular flexibility index (Phi) is 5.98. The van der Waals surface area contributed by atoms with Crippen LogP contribution in [0.25, 0.3) is 10.8 Å². The molecule has 0 unspecified atom stereocenters. The van der Waals surface area contributed by atoms with Gasteiger partial charge in [-0.15, -0.1) is 0 Å². The Morgan fingerprint density at radius 2 is 1.79 bits per heavy atom. The summed E-state index contributed by atoms with van der Waals surface area (Å²) >= 11 is 0. The van der Waals surface area contributed by atoms with E-state index in [4.69, 9.17) is 0 Å². The zero-order valence-corrected chi connectivity index (χ0v) is 17.4. The molecule has 3 aromatic rings. The molecule has 0 fully saturated rings. The van der Waals surface area contributed by atoms with E-state index >= 15 is 0 Å². The van der Waals surface area contributed by atoms with Crippen molar-refractivity contribution < 1.29 is 13.2 Å². The van der Waals surface area contributed by atoms with E-state index in [0.29, 0.717) is 5.69 Å². The molecule has 6 nitrogen and oxygen atoms in total. The molecule has 0 radical (unpaired) electrons. The average Bonchev–Trinajstić information content (AvgIpc) is 2.67. The molecule has 1 amide bonds. The number of fused-ring (bicyclic) bond motifs is 1. The van der Waals surface area contributed by atoms with Crippen molar-refractivity contribution >= 4 is 38.6 Å². The summed E-state index contributed by atoms with van der Waals surface area (Å²) in [6, 6.07) is 19.2. The van der Waals surface area contributed by atoms with Crippen molar-refractivity contribution in [1.82, 2.24) is 5.43 Å². The van der Waals surface area contributed by atoms with Gasteiger partial charge < -0.3 is 0 Å². The van der Waals surface area contributed by atoms with Crippen molar-refractivity contribution in [2.75, 3.05) is 17.1 Å². The highest BCUT2D eigenvalue weighted by atomic mass is 32.2. The summed E-state index contributed by atoms with van der Waals surface area (Å²) < 4.78 is 25.7. The second-order valence-electron chi connectivity index (χ2n) is 6.92. The van der Waals surface area contributed by atoms with Gasteiger partial charge in [0.1, 0.15) is 6.54 Å². The van der Waals surface area contributed by atoms with E-state index in [1.807, 2.05) is 68.4 Å². The SMILES string of the molecule is Cc1ccc(C)c(N(CC(=O)N/N=C\c2cccc3ccccc23)S(C)(=O)=O)c1. The normalized spacial score (nSPS) is 11.7. The lowest BCUT2D eigenvalue weighted by Gasteiger charge is -2.23. The molecule has 1 N–H and O–H groups in total. The van der Waals surface area contributed by atoms with Gasteiger partial charge in [0, 0.05) is 5.56 Å². The smallest absolute Gasteiger partial charge is 0.260 e. The molecule has 0 aliphatic rings. The molecule has 0 aromatic heterocycles. The summed E-state index contributed by atoms with van der Waals surface area (Å²) in [6.07, 6.45) is 2.64. The van der Waals surface area contributed by atoms with Gasteiger partial charge in [-0.3, -0.25) is 9.10 Å². The van der Waals surface area contributed by atoms with E-state index in [2.05, 4.69) is 10.5 Å². The molecule has 3 rings (SSSR count). The number of aryl methyl sites for hydroxylation is 2. The molecule has 0 saturated carbocycles. The Morgan fingerprint density at radius 1 is 1.07 bits per heavy atom. The van der Waals surface area contributed by atoms with Crippen LogP contribution in [0.15, 0.2) is 65.8 Å². The fraction of sp³-hybridized carbons (Fsp3) is 0.182.